The predicted octanol–water partition coefficient (Wildman–Crippen LogP) is -0.0454. The number of aromatic nitrogens is 2. The van der Waals surface area contributed by atoms with Gasteiger partial charge in [-0.3, -0.25) is 4.79 Å². The second-order valence-corrected chi connectivity index (χ2v) is 8.13. The normalized spacial score (nSPS) is 13.6. The number of nitrogens with one attached hydrogen (secondary N) is 1. The first kappa shape index (κ1) is 18.3. The monoisotopic (exact) mass is 377 g/mol. The Kier molecular flexibility index (Phi) is 4.94. The van der Waals surface area contributed by atoms with E-state index in [0.29, 0.717) is 17.8 Å². The molecule has 0 fully saturated rings. The standard InChI is InChI=1S/C15H16BN3O6S/c1-9(2)26(22,23)19-15(20)13-6-18-14(7-17-13)25-11-4-3-10-8-24-16(21)12(10)5-11/h3-7,9,21H,8H2,1-2H3,(H,19,20). The first-order valence-corrected chi connectivity index (χ1v) is 9.29. The van der Waals surface area contributed by atoms with Gasteiger partial charge in [0.25, 0.3) is 5.91 Å². The molecule has 9 nitrogen and oxygen atoms in total. The molecule has 26 heavy (non-hydrogen) atoms. The SMILES string of the molecule is CC(C)S(=O)(=O)NC(=O)c1cnc(Oc2ccc3c(c2)B(O)OC3)cn1. The summed E-state index contributed by atoms with van der Waals surface area (Å²) in [6.45, 7) is 3.24. The van der Waals surface area contributed by atoms with E-state index >= 15 is 0 Å². The van der Waals surface area contributed by atoms with Gasteiger partial charge < -0.3 is 14.4 Å². The Bertz CT molecular complexity index is 933. The minimum absolute atomic E-state index is 0.113. The van der Waals surface area contributed by atoms with Crippen LogP contribution in [0.3, 0.4) is 0 Å². The van der Waals surface area contributed by atoms with Gasteiger partial charge in [-0.1, -0.05) is 6.07 Å². The molecule has 1 aliphatic heterocycles. The van der Waals surface area contributed by atoms with E-state index in [9.17, 15) is 18.2 Å². The van der Waals surface area contributed by atoms with Gasteiger partial charge >= 0.3 is 7.12 Å². The van der Waals surface area contributed by atoms with Crippen LogP contribution in [0.4, 0.5) is 0 Å². The second kappa shape index (κ2) is 7.02. The maximum atomic E-state index is 11.9. The van der Waals surface area contributed by atoms with Crippen LogP contribution in [0.5, 0.6) is 11.6 Å². The van der Waals surface area contributed by atoms with Crippen molar-refractivity contribution in [2.24, 2.45) is 0 Å². The van der Waals surface area contributed by atoms with E-state index < -0.39 is 28.3 Å². The molecular formula is C15H16BN3O6S. The van der Waals surface area contributed by atoms with Gasteiger partial charge in [0.1, 0.15) is 11.4 Å². The summed E-state index contributed by atoms with van der Waals surface area (Å²) in [6, 6.07) is 5.09. The number of ether oxygens (including phenoxy) is 1. The van der Waals surface area contributed by atoms with E-state index in [0.717, 1.165) is 11.8 Å². The summed E-state index contributed by atoms with van der Waals surface area (Å²) >= 11 is 0. The molecule has 0 atom stereocenters. The Hall–Kier alpha value is -2.50. The van der Waals surface area contributed by atoms with Crippen LogP contribution in [0.15, 0.2) is 30.6 Å². The van der Waals surface area contributed by atoms with Crippen molar-refractivity contribution in [2.75, 3.05) is 0 Å². The largest absolute Gasteiger partial charge is 0.491 e. The van der Waals surface area contributed by atoms with Gasteiger partial charge in [0.15, 0.2) is 0 Å². The zero-order chi connectivity index (χ0) is 18.9. The lowest BCUT2D eigenvalue weighted by Crippen LogP contribution is -2.36. The van der Waals surface area contributed by atoms with Crippen LogP contribution < -0.4 is 14.9 Å². The summed E-state index contributed by atoms with van der Waals surface area (Å²) in [4.78, 5) is 19.7. The molecule has 1 amide bonds. The number of carbonyl (C=O) groups is 1. The summed E-state index contributed by atoms with van der Waals surface area (Å²) in [5, 5.41) is 8.95. The molecule has 0 spiro atoms. The summed E-state index contributed by atoms with van der Waals surface area (Å²) in [5.74, 6) is -0.334. The van der Waals surface area contributed by atoms with Crippen molar-refractivity contribution in [1.29, 1.82) is 0 Å². The molecule has 0 radical (unpaired) electrons. The lowest BCUT2D eigenvalue weighted by Gasteiger charge is -2.09. The van der Waals surface area contributed by atoms with Gasteiger partial charge in [-0.05, 0) is 37.0 Å². The minimum Gasteiger partial charge on any atom is -0.438 e. The van der Waals surface area contributed by atoms with Crippen LogP contribution in [0.2, 0.25) is 0 Å². The van der Waals surface area contributed by atoms with Crippen LogP contribution >= 0.6 is 0 Å². The third-order valence-corrected chi connectivity index (χ3v) is 5.43. The molecule has 0 saturated carbocycles. The molecule has 1 aliphatic rings. The van der Waals surface area contributed by atoms with Crippen molar-refractivity contribution in [3.05, 3.63) is 41.9 Å². The quantitative estimate of drug-likeness (QED) is 0.695. The second-order valence-electron chi connectivity index (χ2n) is 5.89. The molecule has 2 aromatic rings. The zero-order valence-electron chi connectivity index (χ0n) is 14.0. The smallest absolute Gasteiger partial charge is 0.438 e. The van der Waals surface area contributed by atoms with Crippen LogP contribution in [0.25, 0.3) is 0 Å². The Morgan fingerprint density at radius 1 is 1.35 bits per heavy atom. The minimum atomic E-state index is -3.75. The fourth-order valence-electron chi connectivity index (χ4n) is 2.16. The molecule has 2 N–H and O–H groups in total. The molecule has 0 unspecified atom stereocenters. The lowest BCUT2D eigenvalue weighted by molar-refractivity contribution is 0.0975. The van der Waals surface area contributed by atoms with Gasteiger partial charge in [0.2, 0.25) is 15.9 Å². The summed E-state index contributed by atoms with van der Waals surface area (Å²) < 4.78 is 36.0. The number of rotatable bonds is 5. The van der Waals surface area contributed by atoms with Gasteiger partial charge in [-0.2, -0.15) is 0 Å². The molecule has 1 aromatic carbocycles. The number of fused-ring (bicyclic) bond motifs is 1. The molecule has 0 saturated heterocycles. The van der Waals surface area contributed by atoms with Gasteiger partial charge in [0.05, 0.1) is 24.3 Å². The first-order valence-electron chi connectivity index (χ1n) is 7.74. The van der Waals surface area contributed by atoms with Crippen LogP contribution in [-0.4, -0.2) is 41.7 Å². The number of amides is 1. The fourth-order valence-corrected chi connectivity index (χ4v) is 2.76. The molecule has 1 aromatic heterocycles. The van der Waals surface area contributed by atoms with Gasteiger partial charge in [-0.25, -0.2) is 23.1 Å². The number of sulfonamides is 1. The van der Waals surface area contributed by atoms with Crippen molar-refractivity contribution in [3.63, 3.8) is 0 Å². The predicted molar refractivity (Wildman–Crippen MR) is 92.5 cm³/mol. The number of hydrogen-bond acceptors (Lipinski definition) is 8. The van der Waals surface area contributed by atoms with E-state index in [4.69, 9.17) is 9.39 Å². The molecule has 136 valence electrons. The lowest BCUT2D eigenvalue weighted by atomic mass is 9.79. The van der Waals surface area contributed by atoms with Gasteiger partial charge in [-0.15, -0.1) is 0 Å². The van der Waals surface area contributed by atoms with Crippen molar-refractivity contribution in [1.82, 2.24) is 14.7 Å². The molecule has 0 bridgehead atoms. The topological polar surface area (TPSA) is 128 Å². The Balaban J connectivity index is 1.70. The van der Waals surface area contributed by atoms with Gasteiger partial charge in [0, 0.05) is 0 Å². The van der Waals surface area contributed by atoms with Crippen LogP contribution in [-0.2, 0) is 21.3 Å². The summed E-state index contributed by atoms with van der Waals surface area (Å²) in [7, 11) is -4.74. The maximum absolute atomic E-state index is 11.9. The Morgan fingerprint density at radius 3 is 2.77 bits per heavy atom. The van der Waals surface area contributed by atoms with E-state index in [1.54, 1.807) is 18.2 Å². The molecule has 0 aliphatic carbocycles. The average molecular weight is 377 g/mol. The van der Waals surface area contributed by atoms with Crippen molar-refractivity contribution < 1.29 is 27.6 Å². The van der Waals surface area contributed by atoms with Crippen molar-refractivity contribution in [2.45, 2.75) is 25.7 Å². The molecule has 11 heteroatoms. The van der Waals surface area contributed by atoms with Crippen molar-refractivity contribution >= 4 is 28.5 Å². The highest BCUT2D eigenvalue weighted by Gasteiger charge is 2.27. The van der Waals surface area contributed by atoms with E-state index in [2.05, 4.69) is 9.97 Å². The molecular weight excluding hydrogens is 361 g/mol. The number of benzene rings is 1. The average Bonchev–Trinajstić information content (AvgIpc) is 2.96. The first-order chi connectivity index (χ1) is 12.3. The van der Waals surface area contributed by atoms with Crippen LogP contribution in [0.1, 0.15) is 29.9 Å². The fraction of sp³-hybridized carbons (Fsp3) is 0.267. The number of nitrogens with zero attached hydrogens (tertiary/aromatic N) is 2. The van der Waals surface area contributed by atoms with E-state index in [1.807, 2.05) is 4.72 Å². The van der Waals surface area contributed by atoms with Crippen molar-refractivity contribution in [3.8, 4) is 11.6 Å². The molecule has 2 heterocycles. The highest BCUT2D eigenvalue weighted by atomic mass is 32.2. The highest BCUT2D eigenvalue weighted by Crippen LogP contribution is 2.21. The third kappa shape index (κ3) is 3.84. The third-order valence-electron chi connectivity index (χ3n) is 3.72. The summed E-state index contributed by atoms with van der Waals surface area (Å²) in [6.07, 6.45) is 2.32. The number of carbonyl (C=O) groups excluding carboxylic acids is 1. The zero-order valence-corrected chi connectivity index (χ0v) is 14.9. The Morgan fingerprint density at radius 2 is 2.12 bits per heavy atom. The maximum Gasteiger partial charge on any atom is 0.491 e. The van der Waals surface area contributed by atoms with E-state index in [1.165, 1.54) is 20.0 Å². The number of hydrogen-bond donors (Lipinski definition) is 2. The van der Waals surface area contributed by atoms with E-state index in [-0.39, 0.29) is 11.6 Å². The highest BCUT2D eigenvalue weighted by molar-refractivity contribution is 7.90. The summed E-state index contributed by atoms with van der Waals surface area (Å²) in [5.41, 5.74) is 1.33. The van der Waals surface area contributed by atoms with Crippen LogP contribution in [0, 0.1) is 0 Å². The Labute approximate surface area is 150 Å². The molecule has 3 rings (SSSR count).